The molecule has 7 nitrogen and oxygen atoms in total. The van der Waals surface area contributed by atoms with Crippen molar-refractivity contribution in [3.8, 4) is 0 Å². The number of hydrogen-bond donors (Lipinski definition) is 2. The molecule has 0 radical (unpaired) electrons. The maximum Gasteiger partial charge on any atom is 0.357 e. The molecule has 0 unspecified atom stereocenters. The molecule has 0 fully saturated rings. The molecule has 17 heavy (non-hydrogen) atoms. The highest BCUT2D eigenvalue weighted by Crippen LogP contribution is 2.05. The number of nitrogens with one attached hydrogen (secondary N) is 1. The maximum absolute atomic E-state index is 11.7. The van der Waals surface area contributed by atoms with Crippen molar-refractivity contribution in [2.75, 3.05) is 27.2 Å². The van der Waals surface area contributed by atoms with E-state index in [4.69, 9.17) is 5.11 Å². The van der Waals surface area contributed by atoms with Gasteiger partial charge < -0.3 is 15.3 Å². The van der Waals surface area contributed by atoms with Gasteiger partial charge in [0.15, 0.2) is 5.69 Å². The largest absolute Gasteiger partial charge is 0.476 e. The van der Waals surface area contributed by atoms with E-state index in [0.717, 1.165) is 0 Å². The number of aromatic nitrogens is 2. The minimum Gasteiger partial charge on any atom is -0.476 e. The SMILES string of the molecule is CN(C)CCNC(=O)c1cn(C)nc1C(=O)O. The molecular weight excluding hydrogens is 224 g/mol. The smallest absolute Gasteiger partial charge is 0.357 e. The zero-order valence-electron chi connectivity index (χ0n) is 10.1. The van der Waals surface area contributed by atoms with Gasteiger partial charge in [0, 0.05) is 26.3 Å². The number of carbonyl (C=O) groups is 2. The van der Waals surface area contributed by atoms with Gasteiger partial charge in [-0.2, -0.15) is 5.10 Å². The maximum atomic E-state index is 11.7. The summed E-state index contributed by atoms with van der Waals surface area (Å²) >= 11 is 0. The summed E-state index contributed by atoms with van der Waals surface area (Å²) in [5, 5.41) is 15.2. The highest BCUT2D eigenvalue weighted by molar-refractivity contribution is 6.03. The Hall–Kier alpha value is -1.89. The quantitative estimate of drug-likeness (QED) is 0.718. The molecule has 1 aromatic rings. The molecule has 0 aliphatic carbocycles. The Labute approximate surface area is 99.0 Å². The van der Waals surface area contributed by atoms with E-state index in [0.29, 0.717) is 13.1 Å². The number of aromatic carboxylic acids is 1. The van der Waals surface area contributed by atoms with Crippen molar-refractivity contribution in [2.24, 2.45) is 7.05 Å². The number of amides is 1. The number of carboxylic acid groups (broad SMARTS) is 1. The molecule has 1 heterocycles. The minimum atomic E-state index is -1.21. The van der Waals surface area contributed by atoms with Gasteiger partial charge in [0.1, 0.15) is 0 Å². The zero-order chi connectivity index (χ0) is 13.0. The Morgan fingerprint density at radius 2 is 2.18 bits per heavy atom. The first-order chi connectivity index (χ1) is 7.91. The molecule has 7 heteroatoms. The van der Waals surface area contributed by atoms with Crippen molar-refractivity contribution < 1.29 is 14.7 Å². The van der Waals surface area contributed by atoms with Gasteiger partial charge >= 0.3 is 5.97 Å². The highest BCUT2D eigenvalue weighted by atomic mass is 16.4. The molecule has 0 spiro atoms. The highest BCUT2D eigenvalue weighted by Gasteiger charge is 2.20. The fourth-order valence-electron chi connectivity index (χ4n) is 1.30. The van der Waals surface area contributed by atoms with E-state index in [1.807, 2.05) is 19.0 Å². The molecule has 0 aliphatic heterocycles. The molecule has 0 saturated carbocycles. The molecular formula is C10H16N4O3. The standard InChI is InChI=1S/C10H16N4O3/c1-13(2)5-4-11-9(15)7-6-14(3)12-8(7)10(16)17/h6H,4-5H2,1-3H3,(H,11,15)(H,16,17). The van der Waals surface area contributed by atoms with E-state index < -0.39 is 11.9 Å². The molecule has 0 aliphatic rings. The lowest BCUT2D eigenvalue weighted by Crippen LogP contribution is -2.31. The molecule has 1 rings (SSSR count). The summed E-state index contributed by atoms with van der Waals surface area (Å²) in [5.41, 5.74) is -0.145. The van der Waals surface area contributed by atoms with Crippen LogP contribution in [0.15, 0.2) is 6.20 Å². The van der Waals surface area contributed by atoms with Gasteiger partial charge in [-0.15, -0.1) is 0 Å². The molecule has 0 aromatic carbocycles. The third-order valence-electron chi connectivity index (χ3n) is 2.12. The third-order valence-corrected chi connectivity index (χ3v) is 2.12. The molecule has 1 aromatic heterocycles. The van der Waals surface area contributed by atoms with Crippen LogP contribution in [0, 0.1) is 0 Å². The predicted octanol–water partition coefficient (Wildman–Crippen LogP) is -0.590. The number of carboxylic acids is 1. The minimum absolute atomic E-state index is 0.0822. The van der Waals surface area contributed by atoms with E-state index in [2.05, 4.69) is 10.4 Å². The van der Waals surface area contributed by atoms with Gasteiger partial charge in [0.25, 0.3) is 5.91 Å². The Balaban J connectivity index is 2.71. The lowest BCUT2D eigenvalue weighted by atomic mass is 10.2. The first kappa shape index (κ1) is 13.2. The van der Waals surface area contributed by atoms with Gasteiger partial charge in [0.2, 0.25) is 0 Å². The van der Waals surface area contributed by atoms with Crippen LogP contribution in [0.2, 0.25) is 0 Å². The number of aryl methyl sites for hydroxylation is 1. The fourth-order valence-corrected chi connectivity index (χ4v) is 1.30. The molecule has 1 amide bonds. The van der Waals surface area contributed by atoms with E-state index in [1.54, 1.807) is 7.05 Å². The first-order valence-electron chi connectivity index (χ1n) is 5.11. The lowest BCUT2D eigenvalue weighted by molar-refractivity contribution is 0.0684. The molecule has 0 bridgehead atoms. The summed E-state index contributed by atoms with van der Waals surface area (Å²) in [6.45, 7) is 1.15. The van der Waals surface area contributed by atoms with E-state index in [9.17, 15) is 9.59 Å². The summed E-state index contributed by atoms with van der Waals surface area (Å²) in [5.74, 6) is -1.62. The summed E-state index contributed by atoms with van der Waals surface area (Å²) in [6, 6.07) is 0. The number of rotatable bonds is 5. The van der Waals surface area contributed by atoms with Crippen LogP contribution in [0.1, 0.15) is 20.8 Å². The van der Waals surface area contributed by atoms with Crippen LogP contribution in [0.5, 0.6) is 0 Å². The predicted molar refractivity (Wildman–Crippen MR) is 61.1 cm³/mol. The van der Waals surface area contributed by atoms with E-state index >= 15 is 0 Å². The average Bonchev–Trinajstić information content (AvgIpc) is 2.59. The van der Waals surface area contributed by atoms with Gasteiger partial charge in [-0.3, -0.25) is 9.48 Å². The zero-order valence-corrected chi connectivity index (χ0v) is 10.1. The van der Waals surface area contributed by atoms with Crippen LogP contribution in [0.3, 0.4) is 0 Å². The second-order valence-corrected chi connectivity index (χ2v) is 3.93. The van der Waals surface area contributed by atoms with Gasteiger partial charge in [-0.1, -0.05) is 0 Å². The Morgan fingerprint density at radius 3 is 2.71 bits per heavy atom. The molecule has 2 N–H and O–H groups in total. The summed E-state index contributed by atoms with van der Waals surface area (Å²) in [7, 11) is 5.35. The van der Waals surface area contributed by atoms with Crippen LogP contribution < -0.4 is 5.32 Å². The normalized spacial score (nSPS) is 10.6. The lowest BCUT2D eigenvalue weighted by Gasteiger charge is -2.09. The van der Waals surface area contributed by atoms with Crippen LogP contribution in [-0.2, 0) is 7.05 Å². The van der Waals surface area contributed by atoms with Crippen molar-refractivity contribution in [3.05, 3.63) is 17.5 Å². The van der Waals surface area contributed by atoms with Crippen LogP contribution in [-0.4, -0.2) is 58.8 Å². The summed E-state index contributed by atoms with van der Waals surface area (Å²) < 4.78 is 1.31. The first-order valence-corrected chi connectivity index (χ1v) is 5.11. The Kier molecular flexibility index (Phi) is 4.22. The third kappa shape index (κ3) is 3.56. The summed E-state index contributed by atoms with van der Waals surface area (Å²) in [4.78, 5) is 24.5. The van der Waals surface area contributed by atoms with Gasteiger partial charge in [-0.05, 0) is 14.1 Å². The number of carbonyl (C=O) groups excluding carboxylic acids is 1. The number of nitrogens with zero attached hydrogens (tertiary/aromatic N) is 3. The van der Waals surface area contributed by atoms with E-state index in [-0.39, 0.29) is 11.3 Å². The van der Waals surface area contributed by atoms with Crippen LogP contribution in [0.25, 0.3) is 0 Å². The molecule has 0 atom stereocenters. The van der Waals surface area contributed by atoms with Crippen molar-refractivity contribution >= 4 is 11.9 Å². The van der Waals surface area contributed by atoms with E-state index in [1.165, 1.54) is 10.9 Å². The average molecular weight is 240 g/mol. The Bertz CT molecular complexity index is 425. The van der Waals surface area contributed by atoms with Crippen molar-refractivity contribution in [1.29, 1.82) is 0 Å². The van der Waals surface area contributed by atoms with Crippen molar-refractivity contribution in [1.82, 2.24) is 20.0 Å². The van der Waals surface area contributed by atoms with Gasteiger partial charge in [0.05, 0.1) is 5.56 Å². The molecule has 0 saturated heterocycles. The summed E-state index contributed by atoms with van der Waals surface area (Å²) in [6.07, 6.45) is 1.40. The topological polar surface area (TPSA) is 87.5 Å². The van der Waals surface area contributed by atoms with Gasteiger partial charge in [-0.25, -0.2) is 4.79 Å². The number of hydrogen-bond acceptors (Lipinski definition) is 4. The van der Waals surface area contributed by atoms with Crippen molar-refractivity contribution in [3.63, 3.8) is 0 Å². The van der Waals surface area contributed by atoms with Crippen LogP contribution in [0.4, 0.5) is 0 Å². The number of likely N-dealkylation sites (N-methyl/N-ethyl adjacent to an activating group) is 1. The van der Waals surface area contributed by atoms with Crippen molar-refractivity contribution in [2.45, 2.75) is 0 Å². The molecule has 94 valence electrons. The monoisotopic (exact) mass is 240 g/mol. The second-order valence-electron chi connectivity index (χ2n) is 3.93. The van der Waals surface area contributed by atoms with Crippen LogP contribution >= 0.6 is 0 Å². The Morgan fingerprint density at radius 1 is 1.53 bits per heavy atom. The second kappa shape index (κ2) is 5.44. The fraction of sp³-hybridized carbons (Fsp3) is 0.500.